The Bertz CT molecular complexity index is 1370. The Kier molecular flexibility index (Phi) is 5.70. The average molecular weight is 498 g/mol. The van der Waals surface area contributed by atoms with E-state index in [-0.39, 0.29) is 22.5 Å². The van der Waals surface area contributed by atoms with Crippen LogP contribution in [0.25, 0.3) is 0 Å². The number of fused-ring (bicyclic) bond motifs is 1. The van der Waals surface area contributed by atoms with Gasteiger partial charge in [-0.15, -0.1) is 0 Å². The number of H-pyrrole nitrogens is 1. The maximum atomic E-state index is 13.9. The monoisotopic (exact) mass is 497 g/mol. The van der Waals surface area contributed by atoms with Crippen LogP contribution in [0, 0.1) is 25.5 Å². The lowest BCUT2D eigenvalue weighted by Gasteiger charge is -2.26. The van der Waals surface area contributed by atoms with Gasteiger partial charge in [0.25, 0.3) is 17.6 Å². The lowest BCUT2D eigenvalue weighted by Crippen LogP contribution is -2.41. The summed E-state index contributed by atoms with van der Waals surface area (Å²) in [6.07, 6.45) is 2.78. The second-order valence-electron chi connectivity index (χ2n) is 9.45. The van der Waals surface area contributed by atoms with Gasteiger partial charge in [-0.1, -0.05) is 0 Å². The minimum Gasteiger partial charge on any atom is -0.338 e. The molecule has 3 heterocycles. The smallest absolute Gasteiger partial charge is 0.294 e. The minimum atomic E-state index is -1.07. The maximum absolute atomic E-state index is 13.9. The van der Waals surface area contributed by atoms with E-state index < -0.39 is 34.8 Å². The normalized spacial score (nSPS) is 16.4. The Morgan fingerprint density at radius 2 is 1.89 bits per heavy atom. The zero-order valence-electron chi connectivity index (χ0n) is 20.0. The Morgan fingerprint density at radius 1 is 1.14 bits per heavy atom. The molecule has 0 bridgehead atoms. The number of aromatic amines is 1. The van der Waals surface area contributed by atoms with Crippen LogP contribution in [0.1, 0.15) is 56.2 Å². The molecule has 1 aliphatic carbocycles. The van der Waals surface area contributed by atoms with Crippen LogP contribution in [0.15, 0.2) is 18.3 Å². The standard InChI is InChI=1S/C24H25F2N7O3/c1-12-8-14(9-15(25)19(12)26)28-22(35)18-13(2)20(33-7-6-32(3)11-16(18)33)21(34)23(36)29-24(4-5-24)17-10-27-31-30-17/h8-10H,4-7,11H2,1-3H3,(H,28,35)(H,29,36)(H,27,30,31). The van der Waals surface area contributed by atoms with Crippen molar-refractivity contribution in [2.24, 2.45) is 0 Å². The van der Waals surface area contributed by atoms with Crippen molar-refractivity contribution in [3.05, 3.63) is 63.7 Å². The largest absolute Gasteiger partial charge is 0.338 e. The van der Waals surface area contributed by atoms with Gasteiger partial charge in [0.1, 0.15) is 5.69 Å². The van der Waals surface area contributed by atoms with Crippen LogP contribution in [0.4, 0.5) is 14.5 Å². The number of anilines is 1. The number of aromatic nitrogens is 4. The third-order valence-corrected chi connectivity index (χ3v) is 6.86. The number of nitrogens with one attached hydrogen (secondary N) is 3. The summed E-state index contributed by atoms with van der Waals surface area (Å²) in [5.74, 6) is -4.17. The minimum absolute atomic E-state index is 0.0503. The number of Topliss-reactive ketones (excluding diaryl/α,β-unsaturated/α-hetero) is 1. The number of nitrogens with zero attached hydrogens (tertiary/aromatic N) is 4. The number of aryl methyl sites for hydroxylation is 1. The van der Waals surface area contributed by atoms with Crippen molar-refractivity contribution in [1.29, 1.82) is 0 Å². The Morgan fingerprint density at radius 3 is 2.53 bits per heavy atom. The van der Waals surface area contributed by atoms with Gasteiger partial charge < -0.3 is 15.2 Å². The zero-order valence-corrected chi connectivity index (χ0v) is 20.0. The van der Waals surface area contributed by atoms with E-state index in [1.54, 1.807) is 11.5 Å². The van der Waals surface area contributed by atoms with Crippen molar-refractivity contribution in [3.8, 4) is 0 Å². The summed E-state index contributed by atoms with van der Waals surface area (Å²) in [5, 5.41) is 15.7. The molecule has 0 atom stereocenters. The van der Waals surface area contributed by atoms with E-state index in [1.807, 2.05) is 11.9 Å². The molecule has 3 N–H and O–H groups in total. The van der Waals surface area contributed by atoms with E-state index in [4.69, 9.17) is 0 Å². The topological polar surface area (TPSA) is 125 Å². The number of benzene rings is 1. The van der Waals surface area contributed by atoms with Crippen LogP contribution in [0.2, 0.25) is 0 Å². The van der Waals surface area contributed by atoms with Gasteiger partial charge in [-0.2, -0.15) is 15.4 Å². The summed E-state index contributed by atoms with van der Waals surface area (Å²) < 4.78 is 29.3. The first-order valence-electron chi connectivity index (χ1n) is 11.5. The summed E-state index contributed by atoms with van der Waals surface area (Å²) in [5.41, 5.74) is 1.27. The third-order valence-electron chi connectivity index (χ3n) is 6.86. The number of amides is 2. The molecule has 12 heteroatoms. The maximum Gasteiger partial charge on any atom is 0.294 e. The predicted molar refractivity (Wildman–Crippen MR) is 124 cm³/mol. The molecule has 1 saturated carbocycles. The predicted octanol–water partition coefficient (Wildman–Crippen LogP) is 2.19. The fourth-order valence-electron chi connectivity index (χ4n) is 4.79. The fourth-order valence-corrected chi connectivity index (χ4v) is 4.79. The number of halogens is 2. The number of rotatable bonds is 6. The number of carbonyl (C=O) groups excluding carboxylic acids is 3. The zero-order chi connectivity index (χ0) is 25.8. The summed E-state index contributed by atoms with van der Waals surface area (Å²) in [6.45, 7) is 4.41. The van der Waals surface area contributed by atoms with Crippen molar-refractivity contribution in [2.45, 2.75) is 45.3 Å². The molecular weight excluding hydrogens is 472 g/mol. The molecule has 0 spiro atoms. The Labute approximate surface area is 205 Å². The van der Waals surface area contributed by atoms with E-state index >= 15 is 0 Å². The molecule has 1 aliphatic heterocycles. The van der Waals surface area contributed by atoms with Crippen LogP contribution >= 0.6 is 0 Å². The van der Waals surface area contributed by atoms with Gasteiger partial charge in [0.15, 0.2) is 11.6 Å². The number of hydrogen-bond acceptors (Lipinski definition) is 6. The van der Waals surface area contributed by atoms with Crippen LogP contribution in [0.3, 0.4) is 0 Å². The van der Waals surface area contributed by atoms with Gasteiger partial charge >= 0.3 is 0 Å². The molecule has 2 amide bonds. The second kappa shape index (κ2) is 8.63. The molecule has 2 aromatic heterocycles. The summed E-state index contributed by atoms with van der Waals surface area (Å²) in [6, 6.07) is 2.24. The van der Waals surface area contributed by atoms with Crippen molar-refractivity contribution in [2.75, 3.05) is 18.9 Å². The second-order valence-corrected chi connectivity index (χ2v) is 9.45. The number of hydrogen-bond donors (Lipinski definition) is 3. The summed E-state index contributed by atoms with van der Waals surface area (Å²) in [4.78, 5) is 41.8. The molecule has 5 rings (SSSR count). The first-order chi connectivity index (χ1) is 17.1. The van der Waals surface area contributed by atoms with Gasteiger partial charge in [-0.3, -0.25) is 19.3 Å². The quantitative estimate of drug-likeness (QED) is 0.354. The van der Waals surface area contributed by atoms with Crippen molar-refractivity contribution in [1.82, 2.24) is 30.2 Å². The molecule has 0 unspecified atom stereocenters. The average Bonchev–Trinajstić information content (AvgIpc) is 3.26. The van der Waals surface area contributed by atoms with Crippen LogP contribution in [-0.4, -0.2) is 56.1 Å². The molecule has 36 heavy (non-hydrogen) atoms. The van der Waals surface area contributed by atoms with E-state index in [1.165, 1.54) is 19.2 Å². The SMILES string of the molecule is Cc1cc(NC(=O)c2c(C)c(C(=O)C(=O)NC3(c4cn[nH]n4)CC3)n3c2CN(C)CC3)cc(F)c1F. The molecule has 1 fully saturated rings. The summed E-state index contributed by atoms with van der Waals surface area (Å²) in [7, 11) is 1.88. The van der Waals surface area contributed by atoms with E-state index in [9.17, 15) is 23.2 Å². The van der Waals surface area contributed by atoms with Gasteiger partial charge in [0, 0.05) is 37.1 Å². The number of likely N-dealkylation sites (N-methyl/N-ethyl adjacent to an activating group) is 1. The van der Waals surface area contributed by atoms with Gasteiger partial charge in [0.05, 0.1) is 23.0 Å². The lowest BCUT2D eigenvalue weighted by atomic mass is 10.1. The van der Waals surface area contributed by atoms with Gasteiger partial charge in [-0.05, 0) is 50.9 Å². The molecule has 2 aliphatic rings. The van der Waals surface area contributed by atoms with Gasteiger partial charge in [0.2, 0.25) is 0 Å². The van der Waals surface area contributed by atoms with Crippen LogP contribution in [-0.2, 0) is 23.4 Å². The van der Waals surface area contributed by atoms with Gasteiger partial charge in [-0.25, -0.2) is 8.78 Å². The van der Waals surface area contributed by atoms with Crippen molar-refractivity contribution in [3.63, 3.8) is 0 Å². The fraction of sp³-hybridized carbons (Fsp3) is 0.375. The molecule has 1 aromatic carbocycles. The lowest BCUT2D eigenvalue weighted by molar-refractivity contribution is -0.118. The van der Waals surface area contributed by atoms with Crippen LogP contribution in [0.5, 0.6) is 0 Å². The highest BCUT2D eigenvalue weighted by Crippen LogP contribution is 2.44. The molecule has 0 saturated heterocycles. The highest BCUT2D eigenvalue weighted by atomic mass is 19.2. The molecule has 188 valence electrons. The first kappa shape index (κ1) is 23.8. The molecular formula is C24H25F2N7O3. The Hall–Kier alpha value is -3.93. The van der Waals surface area contributed by atoms with E-state index in [0.717, 1.165) is 6.07 Å². The first-order valence-corrected chi connectivity index (χ1v) is 11.5. The van der Waals surface area contributed by atoms with Crippen molar-refractivity contribution < 1.29 is 23.2 Å². The highest BCUT2D eigenvalue weighted by Gasteiger charge is 2.49. The number of carbonyl (C=O) groups is 3. The Balaban J connectivity index is 1.48. The van der Waals surface area contributed by atoms with Crippen LogP contribution < -0.4 is 10.6 Å². The number of ketones is 1. The highest BCUT2D eigenvalue weighted by molar-refractivity contribution is 6.43. The van der Waals surface area contributed by atoms with E-state index in [0.29, 0.717) is 49.4 Å². The summed E-state index contributed by atoms with van der Waals surface area (Å²) >= 11 is 0. The van der Waals surface area contributed by atoms with Crippen molar-refractivity contribution >= 4 is 23.3 Å². The van der Waals surface area contributed by atoms with E-state index in [2.05, 4.69) is 26.0 Å². The molecule has 3 aromatic rings. The third kappa shape index (κ3) is 3.96. The molecule has 10 nitrogen and oxygen atoms in total. The molecule has 0 radical (unpaired) electrons.